The summed E-state index contributed by atoms with van der Waals surface area (Å²) in [6.07, 6.45) is 0. The highest BCUT2D eigenvalue weighted by atomic mass is 16.3. The molecular formula is C11H18N2O. The van der Waals surface area contributed by atoms with E-state index in [1.54, 1.807) is 0 Å². The first-order valence-corrected chi connectivity index (χ1v) is 4.83. The van der Waals surface area contributed by atoms with Crippen LogP contribution in [0, 0.1) is 13.8 Å². The third-order valence-electron chi connectivity index (χ3n) is 2.46. The van der Waals surface area contributed by atoms with Crippen LogP contribution in [0.1, 0.15) is 16.7 Å². The molecule has 1 aromatic rings. The Morgan fingerprint density at radius 1 is 1.36 bits per heavy atom. The lowest BCUT2D eigenvalue weighted by Gasteiger charge is -2.12. The lowest BCUT2D eigenvalue weighted by molar-refractivity contribution is 0.292. The van der Waals surface area contributed by atoms with Crippen LogP contribution in [0.3, 0.4) is 0 Å². The molecule has 0 heterocycles. The van der Waals surface area contributed by atoms with Crippen LogP contribution in [0.15, 0.2) is 12.1 Å². The SMILES string of the molecule is Cc1ccc(N)c(C)c1CNCCO. The highest BCUT2D eigenvalue weighted by molar-refractivity contribution is 5.52. The van der Waals surface area contributed by atoms with E-state index in [9.17, 15) is 0 Å². The van der Waals surface area contributed by atoms with Crippen molar-refractivity contribution in [3.8, 4) is 0 Å². The van der Waals surface area contributed by atoms with Gasteiger partial charge in [-0.25, -0.2) is 0 Å². The van der Waals surface area contributed by atoms with Crippen LogP contribution in [-0.4, -0.2) is 18.3 Å². The Bertz CT molecular complexity index is 310. The molecule has 0 aliphatic carbocycles. The van der Waals surface area contributed by atoms with E-state index in [0.717, 1.165) is 17.8 Å². The Morgan fingerprint density at radius 3 is 2.71 bits per heavy atom. The molecule has 0 saturated carbocycles. The maximum absolute atomic E-state index is 8.65. The summed E-state index contributed by atoms with van der Waals surface area (Å²) in [7, 11) is 0. The first-order valence-electron chi connectivity index (χ1n) is 4.83. The number of hydrogen-bond donors (Lipinski definition) is 3. The molecule has 0 atom stereocenters. The minimum absolute atomic E-state index is 0.167. The first kappa shape index (κ1) is 11.0. The monoisotopic (exact) mass is 194 g/mol. The Labute approximate surface area is 84.9 Å². The predicted molar refractivity (Wildman–Crippen MR) is 59.1 cm³/mol. The zero-order valence-corrected chi connectivity index (χ0v) is 8.80. The fourth-order valence-corrected chi connectivity index (χ4v) is 1.47. The second kappa shape index (κ2) is 4.98. The van der Waals surface area contributed by atoms with E-state index in [0.29, 0.717) is 6.54 Å². The van der Waals surface area contributed by atoms with Crippen molar-refractivity contribution in [1.82, 2.24) is 5.32 Å². The number of rotatable bonds is 4. The van der Waals surface area contributed by atoms with Crippen molar-refractivity contribution in [3.05, 3.63) is 28.8 Å². The summed E-state index contributed by atoms with van der Waals surface area (Å²) in [6, 6.07) is 3.96. The molecule has 0 aliphatic rings. The van der Waals surface area contributed by atoms with E-state index < -0.39 is 0 Å². The number of aryl methyl sites for hydroxylation is 1. The standard InChI is InChI=1S/C11H18N2O/c1-8-3-4-11(12)9(2)10(8)7-13-5-6-14/h3-4,13-14H,5-7,12H2,1-2H3. The maximum atomic E-state index is 8.65. The molecule has 0 amide bonds. The summed E-state index contributed by atoms with van der Waals surface area (Å²) in [5.74, 6) is 0. The Kier molecular flexibility index (Phi) is 3.92. The minimum Gasteiger partial charge on any atom is -0.399 e. The fourth-order valence-electron chi connectivity index (χ4n) is 1.47. The second-order valence-corrected chi connectivity index (χ2v) is 3.48. The van der Waals surface area contributed by atoms with Crippen molar-refractivity contribution in [2.75, 3.05) is 18.9 Å². The molecule has 1 rings (SSSR count). The highest BCUT2D eigenvalue weighted by Crippen LogP contribution is 2.19. The predicted octanol–water partition coefficient (Wildman–Crippen LogP) is 0.968. The topological polar surface area (TPSA) is 58.3 Å². The molecule has 0 aromatic heterocycles. The van der Waals surface area contributed by atoms with Gasteiger partial charge in [-0.15, -0.1) is 0 Å². The van der Waals surface area contributed by atoms with Gasteiger partial charge in [-0.2, -0.15) is 0 Å². The molecular weight excluding hydrogens is 176 g/mol. The van der Waals surface area contributed by atoms with E-state index in [-0.39, 0.29) is 6.61 Å². The molecule has 0 bridgehead atoms. The zero-order valence-electron chi connectivity index (χ0n) is 8.80. The normalized spacial score (nSPS) is 10.5. The molecule has 0 aliphatic heterocycles. The molecule has 14 heavy (non-hydrogen) atoms. The molecule has 0 fully saturated rings. The number of aliphatic hydroxyl groups excluding tert-OH is 1. The number of benzene rings is 1. The second-order valence-electron chi connectivity index (χ2n) is 3.48. The average molecular weight is 194 g/mol. The van der Waals surface area contributed by atoms with Crippen molar-refractivity contribution < 1.29 is 5.11 Å². The average Bonchev–Trinajstić information content (AvgIpc) is 2.18. The van der Waals surface area contributed by atoms with Gasteiger partial charge in [-0.1, -0.05) is 6.07 Å². The number of aliphatic hydroxyl groups is 1. The van der Waals surface area contributed by atoms with E-state index in [2.05, 4.69) is 12.2 Å². The van der Waals surface area contributed by atoms with Crippen LogP contribution in [-0.2, 0) is 6.54 Å². The minimum atomic E-state index is 0.167. The molecule has 3 heteroatoms. The number of nitrogens with two attached hydrogens (primary N) is 1. The van der Waals surface area contributed by atoms with Crippen LogP contribution in [0.4, 0.5) is 5.69 Å². The van der Waals surface area contributed by atoms with Gasteiger partial charge in [-0.05, 0) is 36.6 Å². The van der Waals surface area contributed by atoms with Crippen LogP contribution < -0.4 is 11.1 Å². The van der Waals surface area contributed by atoms with Crippen LogP contribution in [0.5, 0.6) is 0 Å². The first-order chi connectivity index (χ1) is 6.66. The highest BCUT2D eigenvalue weighted by Gasteiger charge is 2.04. The van der Waals surface area contributed by atoms with Crippen molar-refractivity contribution >= 4 is 5.69 Å². The third-order valence-corrected chi connectivity index (χ3v) is 2.46. The summed E-state index contributed by atoms with van der Waals surface area (Å²) in [5, 5.41) is 11.8. The lowest BCUT2D eigenvalue weighted by Crippen LogP contribution is -2.19. The van der Waals surface area contributed by atoms with Crippen LogP contribution in [0.2, 0.25) is 0 Å². The summed E-state index contributed by atoms with van der Waals surface area (Å²) < 4.78 is 0. The van der Waals surface area contributed by atoms with Crippen LogP contribution in [0.25, 0.3) is 0 Å². The van der Waals surface area contributed by atoms with Gasteiger partial charge in [0.15, 0.2) is 0 Å². The molecule has 4 N–H and O–H groups in total. The molecule has 0 spiro atoms. The third kappa shape index (κ3) is 2.47. The Balaban J connectivity index is 2.79. The summed E-state index contributed by atoms with van der Waals surface area (Å²) >= 11 is 0. The smallest absolute Gasteiger partial charge is 0.0556 e. The van der Waals surface area contributed by atoms with Crippen molar-refractivity contribution in [3.63, 3.8) is 0 Å². The van der Waals surface area contributed by atoms with Gasteiger partial charge in [0.05, 0.1) is 6.61 Å². The molecule has 0 unspecified atom stereocenters. The lowest BCUT2D eigenvalue weighted by atomic mass is 10.0. The van der Waals surface area contributed by atoms with E-state index in [1.807, 2.05) is 19.1 Å². The number of nitrogens with one attached hydrogen (secondary N) is 1. The van der Waals surface area contributed by atoms with E-state index in [4.69, 9.17) is 10.8 Å². The van der Waals surface area contributed by atoms with E-state index in [1.165, 1.54) is 11.1 Å². The van der Waals surface area contributed by atoms with Crippen molar-refractivity contribution in [1.29, 1.82) is 0 Å². The number of nitrogen functional groups attached to an aromatic ring is 1. The molecule has 0 saturated heterocycles. The van der Waals surface area contributed by atoms with Crippen LogP contribution >= 0.6 is 0 Å². The summed E-state index contributed by atoms with van der Waals surface area (Å²) in [4.78, 5) is 0. The summed E-state index contributed by atoms with van der Waals surface area (Å²) in [5.41, 5.74) is 10.3. The van der Waals surface area contributed by atoms with Gasteiger partial charge < -0.3 is 16.2 Å². The number of anilines is 1. The van der Waals surface area contributed by atoms with Gasteiger partial charge >= 0.3 is 0 Å². The Hall–Kier alpha value is -1.06. The van der Waals surface area contributed by atoms with E-state index >= 15 is 0 Å². The maximum Gasteiger partial charge on any atom is 0.0556 e. The Morgan fingerprint density at radius 2 is 2.07 bits per heavy atom. The van der Waals surface area contributed by atoms with Crippen molar-refractivity contribution in [2.24, 2.45) is 0 Å². The fraction of sp³-hybridized carbons (Fsp3) is 0.455. The van der Waals surface area contributed by atoms with Gasteiger partial charge in [0.2, 0.25) is 0 Å². The molecule has 0 radical (unpaired) electrons. The van der Waals surface area contributed by atoms with Crippen molar-refractivity contribution in [2.45, 2.75) is 20.4 Å². The molecule has 1 aromatic carbocycles. The molecule has 3 nitrogen and oxygen atoms in total. The molecule has 78 valence electrons. The quantitative estimate of drug-likeness (QED) is 0.494. The number of hydrogen-bond acceptors (Lipinski definition) is 3. The van der Waals surface area contributed by atoms with Gasteiger partial charge in [0, 0.05) is 18.8 Å². The van der Waals surface area contributed by atoms with Gasteiger partial charge in [-0.3, -0.25) is 0 Å². The summed E-state index contributed by atoms with van der Waals surface area (Å²) in [6.45, 7) is 5.65. The van der Waals surface area contributed by atoms with Gasteiger partial charge in [0.1, 0.15) is 0 Å². The zero-order chi connectivity index (χ0) is 10.6. The largest absolute Gasteiger partial charge is 0.399 e. The van der Waals surface area contributed by atoms with Gasteiger partial charge in [0.25, 0.3) is 0 Å².